The zero-order valence-electron chi connectivity index (χ0n) is 32.3. The number of pyridine rings is 1. The maximum Gasteiger partial charge on any atom is 0.407 e. The monoisotopic (exact) mass is 795 g/mol. The van der Waals surface area contributed by atoms with Crippen LogP contribution in [0, 0.1) is 17.3 Å². The Bertz CT molecular complexity index is 2070. The molecule has 1 aromatic carbocycles. The molecule has 5 atom stereocenters. The number of carbonyl (C=O) groups excluding carboxylic acids is 4. The molecule has 0 radical (unpaired) electrons. The maximum atomic E-state index is 14.8. The highest BCUT2D eigenvalue weighted by Gasteiger charge is 2.62. The summed E-state index contributed by atoms with van der Waals surface area (Å²) in [6.07, 6.45) is 7.25. The van der Waals surface area contributed by atoms with Crippen molar-refractivity contribution in [1.82, 2.24) is 25.2 Å². The van der Waals surface area contributed by atoms with Gasteiger partial charge in [-0.15, -0.1) is 6.58 Å². The predicted octanol–water partition coefficient (Wildman–Crippen LogP) is 3.59. The highest BCUT2D eigenvalue weighted by Crippen LogP contribution is 2.46. The summed E-state index contributed by atoms with van der Waals surface area (Å²) in [5, 5.41) is 5.66. The second-order valence-electron chi connectivity index (χ2n) is 17.0. The molecule has 1 saturated heterocycles. The molecule has 3 aliphatic carbocycles. The zero-order valence-corrected chi connectivity index (χ0v) is 33.1. The Morgan fingerprint density at radius 2 is 1.80 bits per heavy atom. The van der Waals surface area contributed by atoms with Crippen molar-refractivity contribution >= 4 is 44.7 Å². The lowest BCUT2D eigenvalue weighted by molar-refractivity contribution is -0.142. The SMILES string of the molecule is C=C[C@H]1CC1(NC(=O)[C@@H]1C[C@@H]2CN1C(=O)[C@H](C1CCCCC1)NC(=O)OCC(C)(C)CCCc1cc3c(cc(=O)[nH]c3cc1OC)O2)C(=O)NS(=O)(=O)C1CC1. The van der Waals surface area contributed by atoms with Gasteiger partial charge in [0.25, 0.3) is 11.5 Å². The number of aromatic nitrogens is 1. The van der Waals surface area contributed by atoms with Crippen molar-refractivity contribution in [2.75, 3.05) is 20.3 Å². The first-order valence-corrected chi connectivity index (χ1v) is 21.3. The summed E-state index contributed by atoms with van der Waals surface area (Å²) in [4.78, 5) is 73.5. The molecule has 5 aliphatic rings. The summed E-state index contributed by atoms with van der Waals surface area (Å²) in [6.45, 7) is 7.85. The Balaban J connectivity index is 1.25. The molecule has 1 unspecified atom stereocenters. The minimum atomic E-state index is -3.92. The number of ether oxygens (including phenoxy) is 3. The molecule has 2 aliphatic heterocycles. The fourth-order valence-corrected chi connectivity index (χ4v) is 10.0. The van der Waals surface area contributed by atoms with Crippen molar-refractivity contribution in [1.29, 1.82) is 0 Å². The average Bonchev–Trinajstić information content (AvgIpc) is 4.09. The van der Waals surface area contributed by atoms with E-state index in [0.717, 1.165) is 31.2 Å². The molecule has 15 nitrogen and oxygen atoms in total. The van der Waals surface area contributed by atoms with E-state index in [1.807, 2.05) is 19.9 Å². The van der Waals surface area contributed by atoms with E-state index >= 15 is 0 Å². The summed E-state index contributed by atoms with van der Waals surface area (Å²) in [5.74, 6) is -1.90. The number of cyclic esters (lactones) is 1. The molecular weight excluding hydrogens is 743 g/mol. The Labute approximate surface area is 326 Å². The van der Waals surface area contributed by atoms with Crippen LogP contribution in [0.2, 0.25) is 0 Å². The second-order valence-corrected chi connectivity index (χ2v) is 18.9. The fourth-order valence-electron chi connectivity index (χ4n) is 8.64. The maximum absolute atomic E-state index is 14.8. The smallest absolute Gasteiger partial charge is 0.407 e. The fraction of sp³-hybridized carbons (Fsp3) is 0.625. The van der Waals surface area contributed by atoms with Gasteiger partial charge in [0, 0.05) is 29.9 Å². The van der Waals surface area contributed by atoms with Crippen LogP contribution in [0.1, 0.15) is 90.0 Å². The minimum Gasteiger partial charge on any atom is -0.496 e. The van der Waals surface area contributed by atoms with Gasteiger partial charge in [0.1, 0.15) is 35.2 Å². The normalized spacial score (nSPS) is 28.6. The predicted molar refractivity (Wildman–Crippen MR) is 206 cm³/mol. The van der Waals surface area contributed by atoms with Gasteiger partial charge < -0.3 is 34.7 Å². The number of sulfonamides is 1. The van der Waals surface area contributed by atoms with Gasteiger partial charge in [0.05, 0.1) is 31.0 Å². The Hall–Kier alpha value is -4.60. The van der Waals surface area contributed by atoms with Crippen molar-refractivity contribution in [3.63, 3.8) is 0 Å². The van der Waals surface area contributed by atoms with Crippen LogP contribution < -0.4 is 30.4 Å². The van der Waals surface area contributed by atoms with E-state index in [9.17, 15) is 32.4 Å². The molecule has 2 aromatic rings. The number of hydrogen-bond acceptors (Lipinski definition) is 10. The zero-order chi connectivity index (χ0) is 40.0. The van der Waals surface area contributed by atoms with E-state index in [-0.39, 0.29) is 37.7 Å². The van der Waals surface area contributed by atoms with Crippen LogP contribution in [-0.4, -0.2) is 91.4 Å². The van der Waals surface area contributed by atoms with Crippen LogP contribution in [0.5, 0.6) is 11.5 Å². The van der Waals surface area contributed by atoms with E-state index < -0.39 is 79.7 Å². The number of H-pyrrole nitrogens is 1. The number of carbonyl (C=O) groups is 4. The van der Waals surface area contributed by atoms with E-state index in [1.165, 1.54) is 17.0 Å². The molecular formula is C40H53N5O10S. The molecule has 4 N–H and O–H groups in total. The van der Waals surface area contributed by atoms with Gasteiger partial charge in [-0.2, -0.15) is 0 Å². The van der Waals surface area contributed by atoms with Gasteiger partial charge in [-0.05, 0) is 74.3 Å². The number of benzene rings is 1. The number of hydrogen-bond donors (Lipinski definition) is 4. The lowest BCUT2D eigenvalue weighted by Crippen LogP contribution is -2.59. The van der Waals surface area contributed by atoms with Crippen molar-refractivity contribution in [3.05, 3.63) is 46.8 Å². The molecule has 7 rings (SSSR count). The van der Waals surface area contributed by atoms with Gasteiger partial charge in [0.15, 0.2) is 0 Å². The van der Waals surface area contributed by atoms with Crippen LogP contribution in [-0.2, 0) is 35.6 Å². The number of nitrogens with one attached hydrogen (secondary N) is 4. The molecule has 56 heavy (non-hydrogen) atoms. The van der Waals surface area contributed by atoms with Crippen LogP contribution in [0.15, 0.2) is 35.6 Å². The molecule has 1 aromatic heterocycles. The van der Waals surface area contributed by atoms with Crippen LogP contribution in [0.25, 0.3) is 10.9 Å². The molecule has 3 saturated carbocycles. The number of alkyl carbamates (subject to hydrolysis) is 1. The lowest BCUT2D eigenvalue weighted by atomic mass is 9.83. The third-order valence-corrected chi connectivity index (χ3v) is 14.0. The van der Waals surface area contributed by atoms with E-state index in [1.54, 1.807) is 13.2 Å². The van der Waals surface area contributed by atoms with Gasteiger partial charge >= 0.3 is 6.09 Å². The van der Waals surface area contributed by atoms with Gasteiger partial charge in [0.2, 0.25) is 21.8 Å². The number of fused-ring (bicyclic) bond motifs is 3. The van der Waals surface area contributed by atoms with Crippen molar-refractivity contribution in [2.24, 2.45) is 17.3 Å². The topological polar surface area (TPSA) is 202 Å². The molecule has 16 heteroatoms. The molecule has 304 valence electrons. The highest BCUT2D eigenvalue weighted by atomic mass is 32.2. The standard InChI is InChI=1S/C40H53N5O10S/c1-5-25-20-40(25,37(49)44-56(51,52)27-13-14-27)43-35(47)30-17-26-21-45(30)36(48)34(23-10-7-6-8-11-23)42-38(50)54-22-39(2,3)15-9-12-24-16-28-29(18-31(24)53-4)41-33(46)19-32(28)55-26/h5,16,18-19,23,25-27,30,34H,1,6-15,17,20-22H2,2-4H3,(H,41,46)(H,42,50)(H,43,47)(H,44,49)/t25-,26+,30-,34-,40?/m0/s1. The first-order chi connectivity index (χ1) is 26.6. The van der Waals surface area contributed by atoms with Crippen LogP contribution >= 0.6 is 0 Å². The first kappa shape index (κ1) is 39.6. The van der Waals surface area contributed by atoms with Crippen molar-refractivity contribution < 1.29 is 41.8 Å². The summed E-state index contributed by atoms with van der Waals surface area (Å²) >= 11 is 0. The number of aryl methyl sites for hydroxylation is 1. The summed E-state index contributed by atoms with van der Waals surface area (Å²) < 4.78 is 45.7. The lowest BCUT2D eigenvalue weighted by Gasteiger charge is -2.35. The summed E-state index contributed by atoms with van der Waals surface area (Å²) in [5.41, 5.74) is -0.998. The van der Waals surface area contributed by atoms with E-state index in [4.69, 9.17) is 14.2 Å². The van der Waals surface area contributed by atoms with E-state index in [2.05, 4.69) is 26.9 Å². The Kier molecular flexibility index (Phi) is 10.9. The average molecular weight is 796 g/mol. The number of methoxy groups -OCH3 is 1. The third kappa shape index (κ3) is 8.25. The van der Waals surface area contributed by atoms with Gasteiger partial charge in [-0.25, -0.2) is 13.2 Å². The molecule has 4 fully saturated rings. The molecule has 4 bridgehead atoms. The Morgan fingerprint density at radius 1 is 1.05 bits per heavy atom. The summed E-state index contributed by atoms with van der Waals surface area (Å²) in [6, 6.07) is 2.85. The van der Waals surface area contributed by atoms with Crippen molar-refractivity contribution in [3.8, 4) is 11.5 Å². The van der Waals surface area contributed by atoms with Gasteiger partial charge in [-0.1, -0.05) is 39.2 Å². The van der Waals surface area contributed by atoms with E-state index in [0.29, 0.717) is 55.2 Å². The third-order valence-electron chi connectivity index (χ3n) is 12.2. The minimum absolute atomic E-state index is 0.0122. The van der Waals surface area contributed by atoms with Crippen molar-refractivity contribution in [2.45, 2.75) is 120 Å². The molecule has 3 heterocycles. The molecule has 0 spiro atoms. The van der Waals surface area contributed by atoms with Gasteiger partial charge in [-0.3, -0.25) is 23.9 Å². The second kappa shape index (κ2) is 15.4. The number of aromatic amines is 1. The summed E-state index contributed by atoms with van der Waals surface area (Å²) in [7, 11) is -2.36. The molecule has 4 amide bonds. The highest BCUT2D eigenvalue weighted by molar-refractivity contribution is 7.91. The Morgan fingerprint density at radius 3 is 2.48 bits per heavy atom. The number of rotatable bonds is 8. The number of amides is 4. The van der Waals surface area contributed by atoms with Crippen LogP contribution in [0.4, 0.5) is 4.79 Å². The quantitative estimate of drug-likeness (QED) is 0.286. The number of nitrogens with zero attached hydrogens (tertiary/aromatic N) is 1. The largest absolute Gasteiger partial charge is 0.496 e. The van der Waals surface area contributed by atoms with Crippen LogP contribution in [0.3, 0.4) is 0 Å². The first-order valence-electron chi connectivity index (χ1n) is 19.8.